The van der Waals surface area contributed by atoms with Crippen molar-refractivity contribution < 1.29 is 9.59 Å². The predicted octanol–water partition coefficient (Wildman–Crippen LogP) is 4.96. The number of nitrogens with one attached hydrogen (secondary N) is 4. The average Bonchev–Trinajstić information content (AvgIpc) is 3.39. The van der Waals surface area contributed by atoms with Gasteiger partial charge in [-0.25, -0.2) is 0 Å². The van der Waals surface area contributed by atoms with Crippen molar-refractivity contribution in [3.63, 3.8) is 0 Å². The number of amides is 2. The van der Waals surface area contributed by atoms with Crippen LogP contribution >= 0.6 is 0 Å². The lowest BCUT2D eigenvalue weighted by Crippen LogP contribution is -2.33. The van der Waals surface area contributed by atoms with Crippen LogP contribution in [0.5, 0.6) is 0 Å². The predicted molar refractivity (Wildman–Crippen MR) is 192 cm³/mol. The summed E-state index contributed by atoms with van der Waals surface area (Å²) in [5.41, 5.74) is 8.90. The van der Waals surface area contributed by atoms with Gasteiger partial charge in [-0.2, -0.15) is 0 Å². The molecule has 2 amide bonds. The molecule has 2 aromatic carbocycles. The fraction of sp³-hybridized carbons (Fsp3) is 0.526. The van der Waals surface area contributed by atoms with Crippen LogP contribution in [0.2, 0.25) is 0 Å². The summed E-state index contributed by atoms with van der Waals surface area (Å²) < 4.78 is 0. The molecule has 2 heterocycles. The topological polar surface area (TPSA) is 88.7 Å². The van der Waals surface area contributed by atoms with Crippen LogP contribution in [0.4, 0.5) is 11.4 Å². The molecule has 4 N–H and O–H groups in total. The van der Waals surface area contributed by atoms with E-state index in [9.17, 15) is 9.59 Å². The second kappa shape index (κ2) is 18.1. The first-order chi connectivity index (χ1) is 22.3. The Morgan fingerprint density at radius 1 is 0.674 bits per heavy atom. The van der Waals surface area contributed by atoms with Crippen molar-refractivity contribution in [3.05, 3.63) is 81.4 Å². The number of hydrogen-bond acceptors (Lipinski definition) is 6. The molecule has 0 fully saturated rings. The van der Waals surface area contributed by atoms with Crippen molar-refractivity contribution in [3.8, 4) is 0 Å². The van der Waals surface area contributed by atoms with Gasteiger partial charge in [-0.05, 0) is 112 Å². The van der Waals surface area contributed by atoms with E-state index in [0.717, 1.165) is 114 Å². The fourth-order valence-electron chi connectivity index (χ4n) is 6.26. The SMILES string of the molecule is CCNCCN1CCc2ccc(NC(=O)C(C)=CC(C(=O)Nc3ccc4c(c3)CCN(CCNCC)CC4)=C(C)CC)cc2CC1. The van der Waals surface area contributed by atoms with E-state index < -0.39 is 0 Å². The summed E-state index contributed by atoms with van der Waals surface area (Å²) in [5.74, 6) is -0.380. The minimum atomic E-state index is -0.196. The Bertz CT molecular complexity index is 1400. The number of nitrogens with zero attached hydrogens (tertiary/aromatic N) is 2. The fourth-order valence-corrected chi connectivity index (χ4v) is 6.26. The van der Waals surface area contributed by atoms with Gasteiger partial charge >= 0.3 is 0 Å². The Balaban J connectivity index is 1.39. The standard InChI is InChI=1S/C38H56N6O2/c1-6-28(4)36(38(46)42-35-12-10-31-14-20-44(24-18-40-8-3)22-16-33(31)27-35)25-29(5)37(45)41-34-11-9-30-13-19-43(23-17-39-7-2)21-15-32(30)26-34/h9-12,25-27,39-40H,6-8,13-24H2,1-5H3,(H,41,45)(H,42,46). The van der Waals surface area contributed by atoms with Gasteiger partial charge in [0.05, 0.1) is 0 Å². The largest absolute Gasteiger partial charge is 0.322 e. The van der Waals surface area contributed by atoms with Gasteiger partial charge in [0, 0.05) is 74.9 Å². The molecule has 0 unspecified atom stereocenters. The van der Waals surface area contributed by atoms with Crippen LogP contribution in [0.25, 0.3) is 0 Å². The van der Waals surface area contributed by atoms with Crippen molar-refractivity contribution in [2.45, 2.75) is 66.7 Å². The summed E-state index contributed by atoms with van der Waals surface area (Å²) >= 11 is 0. The van der Waals surface area contributed by atoms with E-state index in [2.05, 4.69) is 69.2 Å². The number of rotatable bonds is 14. The highest BCUT2D eigenvalue weighted by Gasteiger charge is 2.18. The van der Waals surface area contributed by atoms with Crippen molar-refractivity contribution >= 4 is 23.2 Å². The van der Waals surface area contributed by atoms with Gasteiger partial charge in [0.15, 0.2) is 0 Å². The summed E-state index contributed by atoms with van der Waals surface area (Å²) in [6, 6.07) is 12.6. The molecule has 0 aromatic heterocycles. The molecule has 0 saturated heterocycles. The summed E-state index contributed by atoms with van der Waals surface area (Å²) in [6.45, 7) is 20.3. The van der Waals surface area contributed by atoms with E-state index in [1.165, 1.54) is 22.3 Å². The van der Waals surface area contributed by atoms with Crippen molar-refractivity contribution in [1.82, 2.24) is 20.4 Å². The Hall–Kier alpha value is -3.30. The summed E-state index contributed by atoms with van der Waals surface area (Å²) in [4.78, 5) is 31.9. The molecule has 8 nitrogen and oxygen atoms in total. The zero-order valence-electron chi connectivity index (χ0n) is 28.9. The van der Waals surface area contributed by atoms with Crippen LogP contribution in [-0.4, -0.2) is 87.1 Å². The first-order valence-corrected chi connectivity index (χ1v) is 17.4. The van der Waals surface area contributed by atoms with Crippen LogP contribution in [0, 0.1) is 0 Å². The Morgan fingerprint density at radius 3 is 1.59 bits per heavy atom. The molecule has 46 heavy (non-hydrogen) atoms. The second-order valence-corrected chi connectivity index (χ2v) is 12.6. The van der Waals surface area contributed by atoms with E-state index in [1.54, 1.807) is 13.0 Å². The molecule has 2 aliphatic rings. The van der Waals surface area contributed by atoms with E-state index in [-0.39, 0.29) is 11.8 Å². The van der Waals surface area contributed by atoms with Crippen LogP contribution in [-0.2, 0) is 35.3 Å². The number of benzene rings is 2. The molecule has 0 spiro atoms. The third-order valence-corrected chi connectivity index (χ3v) is 9.38. The normalized spacial score (nSPS) is 16.5. The molecule has 0 saturated carbocycles. The summed E-state index contributed by atoms with van der Waals surface area (Å²) in [7, 11) is 0. The lowest BCUT2D eigenvalue weighted by molar-refractivity contribution is -0.113. The molecule has 8 heteroatoms. The van der Waals surface area contributed by atoms with E-state index in [1.807, 2.05) is 26.0 Å². The Labute approximate surface area is 277 Å². The molecule has 2 aromatic rings. The van der Waals surface area contributed by atoms with Gasteiger partial charge in [0.1, 0.15) is 0 Å². The summed E-state index contributed by atoms with van der Waals surface area (Å²) in [6.07, 6.45) is 6.44. The molecule has 0 aliphatic carbocycles. The molecule has 250 valence electrons. The van der Waals surface area contributed by atoms with Crippen LogP contribution in [0.3, 0.4) is 0 Å². The molecule has 2 aliphatic heterocycles. The third-order valence-electron chi connectivity index (χ3n) is 9.38. The lowest BCUT2D eigenvalue weighted by atomic mass is 10.0. The van der Waals surface area contributed by atoms with Gasteiger partial charge in [-0.1, -0.05) is 38.5 Å². The van der Waals surface area contributed by atoms with Crippen LogP contribution < -0.4 is 21.3 Å². The first-order valence-electron chi connectivity index (χ1n) is 17.4. The maximum Gasteiger partial charge on any atom is 0.255 e. The van der Waals surface area contributed by atoms with Crippen LogP contribution in [0.1, 0.15) is 63.3 Å². The number of carbonyl (C=O) groups excluding carboxylic acids is 2. The minimum Gasteiger partial charge on any atom is -0.322 e. The highest BCUT2D eigenvalue weighted by Crippen LogP contribution is 2.24. The zero-order valence-corrected chi connectivity index (χ0v) is 28.9. The molecular weight excluding hydrogens is 572 g/mol. The number of fused-ring (bicyclic) bond motifs is 2. The quantitative estimate of drug-likeness (QED) is 0.135. The third kappa shape index (κ3) is 10.4. The van der Waals surface area contributed by atoms with E-state index in [0.29, 0.717) is 11.1 Å². The van der Waals surface area contributed by atoms with Crippen LogP contribution in [0.15, 0.2) is 59.2 Å². The number of allylic oxidation sites excluding steroid dienone is 1. The Morgan fingerprint density at radius 2 is 1.13 bits per heavy atom. The monoisotopic (exact) mass is 628 g/mol. The van der Waals surface area contributed by atoms with Crippen molar-refractivity contribution in [1.29, 1.82) is 0 Å². The van der Waals surface area contributed by atoms with E-state index >= 15 is 0 Å². The minimum absolute atomic E-state index is 0.184. The Kier molecular flexibility index (Phi) is 14.0. The molecule has 0 radical (unpaired) electrons. The van der Waals surface area contributed by atoms with Gasteiger partial charge in [0.25, 0.3) is 11.8 Å². The highest BCUT2D eigenvalue weighted by atomic mass is 16.2. The summed E-state index contributed by atoms with van der Waals surface area (Å²) in [5, 5.41) is 13.0. The maximum absolute atomic E-state index is 13.6. The molecular formula is C38H56N6O2. The number of anilines is 2. The van der Waals surface area contributed by atoms with E-state index in [4.69, 9.17) is 0 Å². The lowest BCUT2D eigenvalue weighted by Gasteiger charge is -2.19. The van der Waals surface area contributed by atoms with Crippen molar-refractivity contribution in [2.75, 3.05) is 76.1 Å². The molecule has 4 rings (SSSR count). The van der Waals surface area contributed by atoms with Gasteiger partial charge in [-0.3, -0.25) is 9.59 Å². The second-order valence-electron chi connectivity index (χ2n) is 12.6. The highest BCUT2D eigenvalue weighted by molar-refractivity contribution is 6.09. The van der Waals surface area contributed by atoms with Crippen molar-refractivity contribution in [2.24, 2.45) is 0 Å². The molecule has 0 atom stereocenters. The number of carbonyl (C=O) groups is 2. The number of hydrogen-bond donors (Lipinski definition) is 4. The first kappa shape index (κ1) is 35.6. The van der Waals surface area contributed by atoms with Gasteiger partial charge in [-0.15, -0.1) is 0 Å². The zero-order chi connectivity index (χ0) is 32.9. The van der Waals surface area contributed by atoms with Gasteiger partial charge < -0.3 is 31.1 Å². The molecule has 0 bridgehead atoms. The maximum atomic E-state index is 13.6. The average molecular weight is 629 g/mol. The van der Waals surface area contributed by atoms with Gasteiger partial charge in [0.2, 0.25) is 0 Å². The number of likely N-dealkylation sites (N-methyl/N-ethyl adjacent to an activating group) is 2. The smallest absolute Gasteiger partial charge is 0.255 e.